The second-order valence-corrected chi connectivity index (χ2v) is 7.03. The number of ether oxygens (including phenoxy) is 1. The summed E-state index contributed by atoms with van der Waals surface area (Å²) >= 11 is 0. The van der Waals surface area contributed by atoms with E-state index in [9.17, 15) is 9.59 Å². The molecule has 3 N–H and O–H groups in total. The highest BCUT2D eigenvalue weighted by molar-refractivity contribution is 6.04. The van der Waals surface area contributed by atoms with Crippen LogP contribution in [-0.2, 0) is 4.79 Å². The lowest BCUT2D eigenvalue weighted by Gasteiger charge is -2.19. The Labute approximate surface area is 162 Å². The number of hydrogen-bond donors (Lipinski definition) is 2. The van der Waals surface area contributed by atoms with Gasteiger partial charge in [-0.1, -0.05) is 31.2 Å². The van der Waals surface area contributed by atoms with Gasteiger partial charge in [0.1, 0.15) is 11.6 Å². The van der Waals surface area contributed by atoms with Crippen LogP contribution >= 0.6 is 0 Å². The van der Waals surface area contributed by atoms with Gasteiger partial charge in [-0.15, -0.1) is 0 Å². The molecule has 4 rings (SSSR count). The zero-order valence-corrected chi connectivity index (χ0v) is 16.0. The van der Waals surface area contributed by atoms with Crippen LogP contribution in [0, 0.1) is 0 Å². The maximum atomic E-state index is 13.2. The van der Waals surface area contributed by atoms with Gasteiger partial charge in [0.15, 0.2) is 0 Å². The normalized spacial score (nSPS) is 13.5. The Bertz CT molecular complexity index is 1130. The standard InChI is InChI=1S/C22H23N3O3/c1-3-19(26)24-13-8-11-15-17(12-13)22(27)25(14-9-10-14)21(23)20(15)16-6-4-5-7-18(16)28-2/h4-8,11-12,14H,3,9-10,23H2,1-2H3,(H,24,26). The van der Waals surface area contributed by atoms with Gasteiger partial charge >= 0.3 is 0 Å². The molecule has 1 aliphatic rings. The fourth-order valence-electron chi connectivity index (χ4n) is 3.59. The van der Waals surface area contributed by atoms with E-state index in [1.54, 1.807) is 30.7 Å². The molecule has 0 saturated heterocycles. The fourth-order valence-corrected chi connectivity index (χ4v) is 3.59. The predicted octanol–water partition coefficient (Wildman–Crippen LogP) is 3.94. The molecule has 6 heteroatoms. The lowest BCUT2D eigenvalue weighted by atomic mass is 9.98. The van der Waals surface area contributed by atoms with Crippen LogP contribution in [0.4, 0.5) is 11.5 Å². The van der Waals surface area contributed by atoms with E-state index in [4.69, 9.17) is 10.5 Å². The number of methoxy groups -OCH3 is 1. The third-order valence-electron chi connectivity index (χ3n) is 5.15. The van der Waals surface area contributed by atoms with Crippen LogP contribution in [-0.4, -0.2) is 17.6 Å². The topological polar surface area (TPSA) is 86.3 Å². The molecule has 0 aliphatic heterocycles. The van der Waals surface area contributed by atoms with E-state index in [0.717, 1.165) is 29.4 Å². The number of carbonyl (C=O) groups excluding carboxylic acids is 1. The van der Waals surface area contributed by atoms with Crippen LogP contribution in [0.2, 0.25) is 0 Å². The highest BCUT2D eigenvalue weighted by Gasteiger charge is 2.29. The first kappa shape index (κ1) is 18.1. The van der Waals surface area contributed by atoms with E-state index in [1.165, 1.54) is 0 Å². The molecular formula is C22H23N3O3. The summed E-state index contributed by atoms with van der Waals surface area (Å²) in [7, 11) is 1.62. The van der Waals surface area contributed by atoms with Gasteiger partial charge in [0.05, 0.1) is 12.5 Å². The second kappa shape index (κ2) is 7.03. The van der Waals surface area contributed by atoms with E-state index >= 15 is 0 Å². The van der Waals surface area contributed by atoms with Crippen LogP contribution in [0.5, 0.6) is 5.75 Å². The lowest BCUT2D eigenvalue weighted by molar-refractivity contribution is -0.115. The molecule has 0 radical (unpaired) electrons. The molecule has 1 saturated carbocycles. The van der Waals surface area contributed by atoms with Gasteiger partial charge in [0.25, 0.3) is 5.56 Å². The summed E-state index contributed by atoms with van der Waals surface area (Å²) in [5, 5.41) is 4.12. The summed E-state index contributed by atoms with van der Waals surface area (Å²) in [6, 6.07) is 13.2. The molecule has 1 heterocycles. The van der Waals surface area contributed by atoms with E-state index in [2.05, 4.69) is 5.32 Å². The first-order valence-corrected chi connectivity index (χ1v) is 9.46. The molecule has 0 spiro atoms. The number of fused-ring (bicyclic) bond motifs is 1. The SMILES string of the molecule is CCC(=O)Nc1ccc2c(-c3ccccc3OC)c(N)n(C3CC3)c(=O)c2c1. The Morgan fingerprint density at radius 3 is 2.64 bits per heavy atom. The predicted molar refractivity (Wildman–Crippen MR) is 112 cm³/mol. The van der Waals surface area contributed by atoms with Crippen molar-refractivity contribution in [3.63, 3.8) is 0 Å². The zero-order valence-electron chi connectivity index (χ0n) is 16.0. The Balaban J connectivity index is 2.03. The smallest absolute Gasteiger partial charge is 0.260 e. The average molecular weight is 377 g/mol. The number of carbonyl (C=O) groups is 1. The van der Waals surface area contributed by atoms with Crippen molar-refractivity contribution in [1.29, 1.82) is 0 Å². The van der Waals surface area contributed by atoms with Crippen molar-refractivity contribution in [2.45, 2.75) is 32.2 Å². The van der Waals surface area contributed by atoms with E-state index in [-0.39, 0.29) is 17.5 Å². The number of rotatable bonds is 5. The molecular weight excluding hydrogens is 354 g/mol. The minimum Gasteiger partial charge on any atom is -0.496 e. The number of nitrogen functional groups attached to an aromatic ring is 1. The van der Waals surface area contributed by atoms with Crippen molar-refractivity contribution in [3.05, 3.63) is 52.8 Å². The summed E-state index contributed by atoms with van der Waals surface area (Å²) in [6.07, 6.45) is 2.25. The monoisotopic (exact) mass is 377 g/mol. The number of pyridine rings is 1. The summed E-state index contributed by atoms with van der Waals surface area (Å²) in [4.78, 5) is 25.0. The van der Waals surface area contributed by atoms with E-state index in [0.29, 0.717) is 29.1 Å². The van der Waals surface area contributed by atoms with Gasteiger partial charge in [0, 0.05) is 29.3 Å². The number of anilines is 2. The number of nitrogens with zero attached hydrogens (tertiary/aromatic N) is 1. The first-order valence-electron chi connectivity index (χ1n) is 9.46. The first-order chi connectivity index (χ1) is 13.5. The summed E-state index contributed by atoms with van der Waals surface area (Å²) in [5.41, 5.74) is 8.63. The Morgan fingerprint density at radius 1 is 1.21 bits per heavy atom. The molecule has 2 aromatic carbocycles. The number of nitrogens with one attached hydrogen (secondary N) is 1. The third kappa shape index (κ3) is 3.01. The minimum absolute atomic E-state index is 0.0951. The van der Waals surface area contributed by atoms with Crippen LogP contribution in [0.3, 0.4) is 0 Å². The van der Waals surface area contributed by atoms with Crippen molar-refractivity contribution in [2.24, 2.45) is 0 Å². The summed E-state index contributed by atoms with van der Waals surface area (Å²) in [6.45, 7) is 1.79. The molecule has 1 aromatic heterocycles. The number of hydrogen-bond acceptors (Lipinski definition) is 4. The van der Waals surface area contributed by atoms with Crippen molar-refractivity contribution >= 4 is 28.2 Å². The molecule has 1 amide bonds. The number of nitrogens with two attached hydrogens (primary N) is 1. The molecule has 28 heavy (non-hydrogen) atoms. The van der Waals surface area contributed by atoms with Gasteiger partial charge in [-0.25, -0.2) is 0 Å². The quantitative estimate of drug-likeness (QED) is 0.705. The number of amides is 1. The van der Waals surface area contributed by atoms with E-state index in [1.807, 2.05) is 30.3 Å². The third-order valence-corrected chi connectivity index (χ3v) is 5.15. The van der Waals surface area contributed by atoms with Crippen molar-refractivity contribution < 1.29 is 9.53 Å². The Hall–Kier alpha value is -3.28. The van der Waals surface area contributed by atoms with Gasteiger partial charge in [-0.05, 0) is 36.4 Å². The highest BCUT2D eigenvalue weighted by atomic mass is 16.5. The molecule has 0 unspecified atom stereocenters. The maximum Gasteiger partial charge on any atom is 0.260 e. The lowest BCUT2D eigenvalue weighted by Crippen LogP contribution is -2.23. The molecule has 144 valence electrons. The summed E-state index contributed by atoms with van der Waals surface area (Å²) < 4.78 is 7.23. The maximum absolute atomic E-state index is 13.2. The minimum atomic E-state index is -0.124. The number of aromatic nitrogens is 1. The molecule has 0 bridgehead atoms. The highest BCUT2D eigenvalue weighted by Crippen LogP contribution is 2.43. The fraction of sp³-hybridized carbons (Fsp3) is 0.273. The molecule has 6 nitrogen and oxygen atoms in total. The molecule has 1 fully saturated rings. The number of para-hydroxylation sites is 1. The average Bonchev–Trinajstić information content (AvgIpc) is 3.54. The van der Waals surface area contributed by atoms with Gasteiger partial charge in [0.2, 0.25) is 5.91 Å². The van der Waals surface area contributed by atoms with E-state index < -0.39 is 0 Å². The van der Waals surface area contributed by atoms with Crippen molar-refractivity contribution in [2.75, 3.05) is 18.2 Å². The van der Waals surface area contributed by atoms with Crippen LogP contribution in [0.15, 0.2) is 47.3 Å². The van der Waals surface area contributed by atoms with Crippen LogP contribution in [0.25, 0.3) is 21.9 Å². The van der Waals surface area contributed by atoms with Crippen molar-refractivity contribution in [1.82, 2.24) is 4.57 Å². The molecule has 1 aliphatic carbocycles. The summed E-state index contributed by atoms with van der Waals surface area (Å²) in [5.74, 6) is 1.05. The van der Waals surface area contributed by atoms with Gasteiger partial charge in [-0.3, -0.25) is 14.2 Å². The zero-order chi connectivity index (χ0) is 19.8. The van der Waals surface area contributed by atoms with Gasteiger partial charge < -0.3 is 15.8 Å². The van der Waals surface area contributed by atoms with Crippen LogP contribution in [0.1, 0.15) is 32.2 Å². The largest absolute Gasteiger partial charge is 0.496 e. The Morgan fingerprint density at radius 2 is 1.96 bits per heavy atom. The Kier molecular flexibility index (Phi) is 4.55. The second-order valence-electron chi connectivity index (χ2n) is 7.03. The number of benzene rings is 2. The molecule has 0 atom stereocenters. The van der Waals surface area contributed by atoms with Crippen LogP contribution < -0.4 is 21.3 Å². The molecule has 3 aromatic rings. The van der Waals surface area contributed by atoms with Gasteiger partial charge in [-0.2, -0.15) is 0 Å². The van der Waals surface area contributed by atoms with Crippen molar-refractivity contribution in [3.8, 4) is 16.9 Å².